The Labute approximate surface area is 234 Å². The Hall–Kier alpha value is -0.933. The van der Waals surface area contributed by atoms with Crippen LogP contribution in [0.15, 0.2) is 90.6 Å². The van der Waals surface area contributed by atoms with Gasteiger partial charge in [-0.25, -0.2) is 0 Å². The fourth-order valence-electron chi connectivity index (χ4n) is 5.82. The summed E-state index contributed by atoms with van der Waals surface area (Å²) in [6.45, 7) is 7.06. The van der Waals surface area contributed by atoms with Gasteiger partial charge in [0.15, 0.2) is 0 Å². The number of halogens is 2. The molecule has 0 heterocycles. The van der Waals surface area contributed by atoms with Gasteiger partial charge in [-0.15, -0.1) is 24.8 Å². The number of rotatable bonds is 10. The van der Waals surface area contributed by atoms with Gasteiger partial charge in [-0.1, -0.05) is 0 Å². The molecule has 0 saturated heterocycles. The van der Waals surface area contributed by atoms with Crippen LogP contribution in [0.3, 0.4) is 0 Å². The van der Waals surface area contributed by atoms with Gasteiger partial charge < -0.3 is 0 Å². The van der Waals surface area contributed by atoms with Gasteiger partial charge in [0.05, 0.1) is 0 Å². The maximum atomic E-state index is 2.74. The third-order valence-corrected chi connectivity index (χ3v) is 32.1. The molecule has 0 nitrogen and oxygen atoms in total. The summed E-state index contributed by atoms with van der Waals surface area (Å²) in [7, 11) is 0. The molecule has 2 aromatic rings. The minimum absolute atomic E-state index is 0. The average Bonchev–Trinajstić information content (AvgIpc) is 3.49. The van der Waals surface area contributed by atoms with E-state index in [9.17, 15) is 0 Å². The van der Waals surface area contributed by atoms with Crippen molar-refractivity contribution in [1.82, 2.24) is 0 Å². The molecule has 0 radical (unpaired) electrons. The minimum Gasteiger partial charge on any atom is -0.147 e. The van der Waals surface area contributed by atoms with Crippen molar-refractivity contribution >= 4 is 42.9 Å². The van der Waals surface area contributed by atoms with E-state index in [1.807, 2.05) is 6.66 Å². The number of unbranched alkanes of at least 4 members (excludes halogenated alkanes) is 2. The Morgan fingerprint density at radius 2 is 1.00 bits per heavy atom. The molecule has 2 aliphatic rings. The minimum atomic E-state index is -3.59. The van der Waals surface area contributed by atoms with Gasteiger partial charge in [-0.3, -0.25) is 0 Å². The van der Waals surface area contributed by atoms with Crippen LogP contribution < -0.4 is 0 Å². The summed E-state index contributed by atoms with van der Waals surface area (Å²) in [4.78, 5) is 0. The summed E-state index contributed by atoms with van der Waals surface area (Å²) < 4.78 is 9.11. The molecule has 36 heavy (non-hydrogen) atoms. The largest absolute Gasteiger partial charge is 0.147 e. The van der Waals surface area contributed by atoms with Crippen molar-refractivity contribution < 1.29 is 17.1 Å². The molecule has 4 rings (SSSR count). The van der Waals surface area contributed by atoms with Crippen molar-refractivity contribution in [1.29, 1.82) is 0 Å². The molecule has 2 aromatic carbocycles. The van der Waals surface area contributed by atoms with Crippen LogP contribution >= 0.6 is 24.8 Å². The molecular weight excluding hydrogens is 662 g/mol. The van der Waals surface area contributed by atoms with Gasteiger partial charge in [-0.2, -0.15) is 0 Å². The first-order valence-corrected chi connectivity index (χ1v) is 32.5. The Bertz CT molecular complexity index is 1140. The molecule has 0 bridgehead atoms. The molecule has 4 heteroatoms. The van der Waals surface area contributed by atoms with Crippen molar-refractivity contribution in [2.45, 2.75) is 74.6 Å². The maximum Gasteiger partial charge on any atom is -0.147 e. The van der Waals surface area contributed by atoms with Crippen LogP contribution in [0.5, 0.6) is 0 Å². The van der Waals surface area contributed by atoms with Crippen molar-refractivity contribution in [3.8, 4) is 0 Å². The van der Waals surface area contributed by atoms with E-state index < -0.39 is 17.1 Å². The predicted octanol–water partition coefficient (Wildman–Crippen LogP) is 10.0. The Morgan fingerprint density at radius 1 is 0.639 bits per heavy atom. The van der Waals surface area contributed by atoms with Crippen LogP contribution in [0.25, 0.3) is 11.1 Å². The van der Waals surface area contributed by atoms with Crippen molar-refractivity contribution in [2.75, 3.05) is 0 Å². The third-order valence-electron chi connectivity index (χ3n) is 7.96. The van der Waals surface area contributed by atoms with Crippen LogP contribution in [-0.2, 0) is 17.1 Å². The van der Waals surface area contributed by atoms with Crippen LogP contribution in [0.4, 0.5) is 0 Å². The zero-order valence-corrected chi connectivity index (χ0v) is 29.2. The molecule has 0 aromatic heterocycles. The first-order valence-electron chi connectivity index (χ1n) is 13.4. The monoisotopic (exact) mass is 706 g/mol. The van der Waals surface area contributed by atoms with Crippen molar-refractivity contribution in [3.05, 3.63) is 102 Å². The Morgan fingerprint density at radius 3 is 1.33 bits per heavy atom. The molecule has 0 amide bonds. The number of allylic oxidation sites excluding steroid dienone is 8. The summed E-state index contributed by atoms with van der Waals surface area (Å²) in [5.74, 6) is 0. The smallest absolute Gasteiger partial charge is 0.147 e. The number of hydrogen-bond acceptors (Lipinski definition) is 0. The van der Waals surface area contributed by atoms with Crippen LogP contribution in [0.1, 0.15) is 76.3 Å². The van der Waals surface area contributed by atoms with Gasteiger partial charge in [0.1, 0.15) is 0 Å². The quantitative estimate of drug-likeness (QED) is 0.216. The van der Waals surface area contributed by atoms with E-state index in [4.69, 9.17) is 0 Å². The molecule has 0 saturated carbocycles. The summed E-state index contributed by atoms with van der Waals surface area (Å²) in [6, 6.07) is 22.5. The number of benzene rings is 2. The van der Waals surface area contributed by atoms with Gasteiger partial charge in [-0.05, 0) is 0 Å². The molecule has 0 N–H and O–H groups in total. The molecule has 0 fully saturated rings. The summed E-state index contributed by atoms with van der Waals surface area (Å²) in [6.07, 6.45) is 15.2. The standard InChI is InChI=1S/2C15H17.2CH3.2ClH.Hf.H2Si/c2*1-2-3-7-13-10-11-15(12-13)14-8-5-4-6-9-14;;;;;;/h2*4-6,8-9,12H,2-3,7,10H2,1H3;2*1H3;2*1H;;1H2. The molecule has 0 spiro atoms. The first kappa shape index (κ1) is 31.3. The van der Waals surface area contributed by atoms with E-state index in [2.05, 4.69) is 103 Å². The third kappa shape index (κ3) is 6.73. The molecule has 0 atom stereocenters. The summed E-state index contributed by atoms with van der Waals surface area (Å²) in [5, 5.41) is 0. The summed E-state index contributed by atoms with van der Waals surface area (Å²) >= 11 is -3.59. The zero-order valence-electron chi connectivity index (χ0n) is 22.6. The first-order chi connectivity index (χ1) is 16.3. The second-order valence-electron chi connectivity index (χ2n) is 11.4. The SMILES string of the molecule is CCCCC1=CC(c2ccccc2)=[C]([Hf]([CH3])([CH3])(=[SiH2])[C]2=C(c3ccccc3)C=C(CCCC)C2)C1.Cl.Cl. The van der Waals surface area contributed by atoms with Gasteiger partial charge in [0, 0.05) is 0 Å². The van der Waals surface area contributed by atoms with E-state index in [-0.39, 0.29) is 24.8 Å². The second kappa shape index (κ2) is 13.2. The molecular formula is C32H44Cl2HfSi. The topological polar surface area (TPSA) is 0 Å². The molecule has 2 aliphatic carbocycles. The normalized spacial score (nSPS) is 15.9. The van der Waals surface area contributed by atoms with E-state index in [0.29, 0.717) is 0 Å². The van der Waals surface area contributed by atoms with E-state index in [0.717, 1.165) is 0 Å². The number of hydrogen-bond donors (Lipinski definition) is 0. The van der Waals surface area contributed by atoms with Crippen molar-refractivity contribution in [2.24, 2.45) is 0 Å². The fraction of sp³-hybridized carbons (Fsp3) is 0.375. The van der Waals surface area contributed by atoms with Crippen LogP contribution in [-0.4, -0.2) is 6.94 Å². The van der Waals surface area contributed by atoms with E-state index >= 15 is 0 Å². The Kier molecular flexibility index (Phi) is 11.5. The second-order valence-corrected chi connectivity index (χ2v) is 52.4. The van der Waals surface area contributed by atoms with E-state index in [1.165, 1.54) is 62.5 Å². The van der Waals surface area contributed by atoms with Gasteiger partial charge in [0.2, 0.25) is 0 Å². The van der Waals surface area contributed by atoms with Crippen LogP contribution in [0, 0.1) is 0 Å². The predicted molar refractivity (Wildman–Crippen MR) is 166 cm³/mol. The fourth-order valence-corrected chi connectivity index (χ4v) is 25.8. The van der Waals surface area contributed by atoms with Crippen LogP contribution in [0.2, 0.25) is 9.36 Å². The molecule has 0 unspecified atom stereocenters. The maximum absolute atomic E-state index is 3.59. The molecule has 194 valence electrons. The van der Waals surface area contributed by atoms with Gasteiger partial charge >= 0.3 is 212 Å². The van der Waals surface area contributed by atoms with Gasteiger partial charge in [0.25, 0.3) is 0 Å². The Balaban J connectivity index is 0.00000228. The van der Waals surface area contributed by atoms with Crippen molar-refractivity contribution in [3.63, 3.8) is 0 Å². The summed E-state index contributed by atoms with van der Waals surface area (Å²) in [5.41, 5.74) is 9.27. The average molecular weight is 706 g/mol. The molecule has 0 aliphatic heterocycles. The zero-order chi connectivity index (χ0) is 24.2. The van der Waals surface area contributed by atoms with E-state index in [1.54, 1.807) is 22.3 Å².